The Balaban J connectivity index is 2.10. The summed E-state index contributed by atoms with van der Waals surface area (Å²) < 4.78 is 13.6. The summed E-state index contributed by atoms with van der Waals surface area (Å²) in [6.45, 7) is 5.44. The van der Waals surface area contributed by atoms with Crippen LogP contribution in [0.25, 0.3) is 10.9 Å². The van der Waals surface area contributed by atoms with Crippen molar-refractivity contribution < 1.29 is 9.18 Å². The summed E-state index contributed by atoms with van der Waals surface area (Å²) in [5.74, 6) is -0.209. The number of rotatable bonds is 3. The number of nitrogens with one attached hydrogen (secondary N) is 1. The molecule has 1 heterocycles. The standard InChI is InChI=1S/C17H21FN2O/c1-3-20(4-2)17(21)12-6-5-7-15-16(12)13-10-11(18)8-9-14(13)19-15/h8-10,12,19H,3-7H2,1-2H3. The van der Waals surface area contributed by atoms with Crippen molar-refractivity contribution in [1.29, 1.82) is 0 Å². The maximum Gasteiger partial charge on any atom is 0.230 e. The van der Waals surface area contributed by atoms with Crippen LogP contribution in [0.2, 0.25) is 0 Å². The van der Waals surface area contributed by atoms with Gasteiger partial charge in [-0.3, -0.25) is 4.79 Å². The zero-order valence-electron chi connectivity index (χ0n) is 12.6. The predicted octanol–water partition coefficient (Wildman–Crippen LogP) is 3.60. The average Bonchev–Trinajstić information content (AvgIpc) is 2.86. The molecule has 0 aliphatic heterocycles. The van der Waals surface area contributed by atoms with Crippen molar-refractivity contribution in [2.24, 2.45) is 0 Å². The molecule has 0 saturated heterocycles. The highest BCUT2D eigenvalue weighted by Gasteiger charge is 2.32. The van der Waals surface area contributed by atoms with Gasteiger partial charge in [0.1, 0.15) is 5.82 Å². The zero-order valence-corrected chi connectivity index (χ0v) is 12.6. The molecule has 4 heteroatoms. The Kier molecular flexibility index (Phi) is 3.70. The molecule has 1 aromatic carbocycles. The van der Waals surface area contributed by atoms with Crippen LogP contribution in [0.5, 0.6) is 0 Å². The smallest absolute Gasteiger partial charge is 0.230 e. The lowest BCUT2D eigenvalue weighted by Crippen LogP contribution is -2.36. The van der Waals surface area contributed by atoms with E-state index in [0.717, 1.165) is 54.5 Å². The summed E-state index contributed by atoms with van der Waals surface area (Å²) in [6.07, 6.45) is 2.79. The van der Waals surface area contributed by atoms with Crippen LogP contribution >= 0.6 is 0 Å². The molecule has 2 aromatic rings. The van der Waals surface area contributed by atoms with Crippen LogP contribution in [0, 0.1) is 5.82 Å². The van der Waals surface area contributed by atoms with Gasteiger partial charge in [-0.25, -0.2) is 4.39 Å². The van der Waals surface area contributed by atoms with Crippen molar-refractivity contribution in [3.63, 3.8) is 0 Å². The van der Waals surface area contributed by atoms with E-state index in [1.807, 2.05) is 18.7 Å². The first-order valence-corrected chi connectivity index (χ1v) is 7.74. The van der Waals surface area contributed by atoms with Gasteiger partial charge in [0.15, 0.2) is 0 Å². The largest absolute Gasteiger partial charge is 0.358 e. The Morgan fingerprint density at radius 1 is 1.38 bits per heavy atom. The first-order chi connectivity index (χ1) is 10.2. The number of aryl methyl sites for hydroxylation is 1. The maximum atomic E-state index is 13.6. The van der Waals surface area contributed by atoms with Crippen LogP contribution in [0.1, 0.15) is 43.9 Å². The Bertz CT molecular complexity index is 673. The first kappa shape index (κ1) is 14.1. The van der Waals surface area contributed by atoms with Gasteiger partial charge in [-0.15, -0.1) is 0 Å². The van der Waals surface area contributed by atoms with Crippen LogP contribution in [-0.4, -0.2) is 28.9 Å². The second-order valence-electron chi connectivity index (χ2n) is 5.66. The first-order valence-electron chi connectivity index (χ1n) is 7.74. The van der Waals surface area contributed by atoms with Gasteiger partial charge in [-0.05, 0) is 56.9 Å². The minimum atomic E-state index is -0.246. The third-order valence-electron chi connectivity index (χ3n) is 4.52. The number of hydrogen-bond donors (Lipinski definition) is 1. The number of benzene rings is 1. The Hall–Kier alpha value is -1.84. The molecule has 1 unspecified atom stereocenters. The Morgan fingerprint density at radius 3 is 2.86 bits per heavy atom. The van der Waals surface area contributed by atoms with Crippen LogP contribution < -0.4 is 0 Å². The van der Waals surface area contributed by atoms with E-state index in [2.05, 4.69) is 4.98 Å². The van der Waals surface area contributed by atoms with Crippen molar-refractivity contribution in [2.75, 3.05) is 13.1 Å². The van der Waals surface area contributed by atoms with Gasteiger partial charge in [-0.2, -0.15) is 0 Å². The lowest BCUT2D eigenvalue weighted by atomic mass is 9.84. The van der Waals surface area contributed by atoms with Crippen molar-refractivity contribution in [1.82, 2.24) is 9.88 Å². The SMILES string of the molecule is CCN(CC)C(=O)C1CCCc2[nH]c3ccc(F)cc3c21. The maximum absolute atomic E-state index is 13.6. The highest BCUT2D eigenvalue weighted by Crippen LogP contribution is 2.38. The molecule has 1 N–H and O–H groups in total. The normalized spacial score (nSPS) is 17.8. The minimum Gasteiger partial charge on any atom is -0.358 e. The zero-order chi connectivity index (χ0) is 15.0. The fraction of sp³-hybridized carbons (Fsp3) is 0.471. The summed E-state index contributed by atoms with van der Waals surface area (Å²) >= 11 is 0. The van der Waals surface area contributed by atoms with E-state index in [1.165, 1.54) is 6.07 Å². The summed E-state index contributed by atoms with van der Waals surface area (Å²) in [5, 5.41) is 0.871. The van der Waals surface area contributed by atoms with Crippen LogP contribution in [0.4, 0.5) is 4.39 Å². The minimum absolute atomic E-state index is 0.135. The van der Waals surface area contributed by atoms with Crippen LogP contribution in [0.15, 0.2) is 18.2 Å². The van der Waals surface area contributed by atoms with Gasteiger partial charge in [0.2, 0.25) is 5.91 Å². The molecule has 1 atom stereocenters. The summed E-state index contributed by atoms with van der Waals surface area (Å²) in [5.41, 5.74) is 3.06. The summed E-state index contributed by atoms with van der Waals surface area (Å²) in [7, 11) is 0. The molecule has 0 fully saturated rings. The molecule has 112 valence electrons. The highest BCUT2D eigenvalue weighted by molar-refractivity contribution is 5.93. The Morgan fingerprint density at radius 2 is 2.14 bits per heavy atom. The summed E-state index contributed by atoms with van der Waals surface area (Å²) in [6, 6.07) is 4.78. The lowest BCUT2D eigenvalue weighted by molar-refractivity contribution is -0.132. The molecule has 0 bridgehead atoms. The molecule has 0 spiro atoms. The van der Waals surface area contributed by atoms with E-state index in [1.54, 1.807) is 12.1 Å². The van der Waals surface area contributed by atoms with Crippen molar-refractivity contribution in [3.8, 4) is 0 Å². The molecule has 1 aliphatic carbocycles. The number of aromatic amines is 1. The van der Waals surface area contributed by atoms with Gasteiger partial charge in [0.05, 0.1) is 5.92 Å². The van der Waals surface area contributed by atoms with E-state index in [-0.39, 0.29) is 17.6 Å². The van der Waals surface area contributed by atoms with Gasteiger partial charge < -0.3 is 9.88 Å². The van der Waals surface area contributed by atoms with E-state index >= 15 is 0 Å². The molecular formula is C17H21FN2O. The number of hydrogen-bond acceptors (Lipinski definition) is 1. The van der Waals surface area contributed by atoms with E-state index in [0.29, 0.717) is 0 Å². The van der Waals surface area contributed by atoms with Gasteiger partial charge >= 0.3 is 0 Å². The number of likely N-dealkylation sites (N-methyl/N-ethyl adjacent to an activating group) is 1. The Labute approximate surface area is 124 Å². The van der Waals surface area contributed by atoms with E-state index in [9.17, 15) is 9.18 Å². The van der Waals surface area contributed by atoms with Crippen LogP contribution in [-0.2, 0) is 11.2 Å². The predicted molar refractivity (Wildman–Crippen MR) is 81.9 cm³/mol. The number of halogens is 1. The third kappa shape index (κ3) is 2.33. The average molecular weight is 288 g/mol. The molecule has 1 aromatic heterocycles. The quantitative estimate of drug-likeness (QED) is 0.920. The highest BCUT2D eigenvalue weighted by atomic mass is 19.1. The number of H-pyrrole nitrogens is 1. The molecule has 1 amide bonds. The van der Waals surface area contributed by atoms with Gasteiger partial charge in [-0.1, -0.05) is 0 Å². The van der Waals surface area contributed by atoms with Gasteiger partial charge in [0.25, 0.3) is 0 Å². The second kappa shape index (κ2) is 5.51. The number of aromatic nitrogens is 1. The van der Waals surface area contributed by atoms with Gasteiger partial charge in [0, 0.05) is 29.7 Å². The number of carbonyl (C=O) groups excluding carboxylic acids is 1. The lowest BCUT2D eigenvalue weighted by Gasteiger charge is -2.28. The molecular weight excluding hydrogens is 267 g/mol. The molecule has 1 aliphatic rings. The van der Waals surface area contributed by atoms with Crippen LogP contribution in [0.3, 0.4) is 0 Å². The second-order valence-corrected chi connectivity index (χ2v) is 5.66. The summed E-state index contributed by atoms with van der Waals surface area (Å²) in [4.78, 5) is 18.0. The van der Waals surface area contributed by atoms with E-state index in [4.69, 9.17) is 0 Å². The van der Waals surface area contributed by atoms with E-state index < -0.39 is 0 Å². The topological polar surface area (TPSA) is 36.1 Å². The van der Waals surface area contributed by atoms with Crippen molar-refractivity contribution >= 4 is 16.8 Å². The third-order valence-corrected chi connectivity index (χ3v) is 4.52. The number of fused-ring (bicyclic) bond motifs is 3. The number of nitrogens with zero attached hydrogens (tertiary/aromatic N) is 1. The molecule has 3 rings (SSSR count). The molecule has 0 radical (unpaired) electrons. The number of amides is 1. The van der Waals surface area contributed by atoms with Crippen molar-refractivity contribution in [2.45, 2.75) is 39.0 Å². The monoisotopic (exact) mass is 288 g/mol. The molecule has 21 heavy (non-hydrogen) atoms. The fourth-order valence-electron chi connectivity index (χ4n) is 3.47. The van der Waals surface area contributed by atoms with Crippen molar-refractivity contribution in [3.05, 3.63) is 35.3 Å². The molecule has 0 saturated carbocycles. The fourth-order valence-corrected chi connectivity index (χ4v) is 3.47. The molecule has 3 nitrogen and oxygen atoms in total. The number of carbonyl (C=O) groups is 1.